The van der Waals surface area contributed by atoms with Crippen molar-refractivity contribution in [2.24, 2.45) is 0 Å². The van der Waals surface area contributed by atoms with Gasteiger partial charge in [0.15, 0.2) is 0 Å². The normalized spacial score (nSPS) is 10.9. The number of carbonyl (C=O) groups excluding carboxylic acids is 1. The number of nitrogens with one attached hydrogen (secondary N) is 1. The van der Waals surface area contributed by atoms with E-state index >= 15 is 0 Å². The number of alkyl carbamates (subject to hydrolysis) is 1. The van der Waals surface area contributed by atoms with Crippen molar-refractivity contribution in [3.63, 3.8) is 0 Å². The van der Waals surface area contributed by atoms with Crippen molar-refractivity contribution in [2.75, 3.05) is 26.2 Å². The monoisotopic (exact) mass is 318 g/mol. The Balaban J connectivity index is 1.91. The van der Waals surface area contributed by atoms with E-state index in [1.807, 2.05) is 12.1 Å². The van der Waals surface area contributed by atoms with Gasteiger partial charge in [0.1, 0.15) is 12.2 Å². The molecule has 0 unspecified atom stereocenters. The van der Waals surface area contributed by atoms with Gasteiger partial charge in [-0.25, -0.2) is 9.59 Å². The Hall–Kier alpha value is -2.34. The summed E-state index contributed by atoms with van der Waals surface area (Å²) in [7, 11) is 0. The van der Waals surface area contributed by atoms with E-state index in [4.69, 9.17) is 9.15 Å². The van der Waals surface area contributed by atoms with E-state index in [0.29, 0.717) is 17.7 Å². The lowest BCUT2D eigenvalue weighted by Crippen LogP contribution is -2.35. The number of para-hydroxylation sites is 1. The van der Waals surface area contributed by atoms with Crippen LogP contribution in [0.5, 0.6) is 0 Å². The van der Waals surface area contributed by atoms with Crippen LogP contribution in [-0.4, -0.2) is 37.2 Å². The third-order valence-corrected chi connectivity index (χ3v) is 3.69. The molecule has 124 valence electrons. The molecule has 1 aromatic carbocycles. The summed E-state index contributed by atoms with van der Waals surface area (Å²) in [5.74, 6) is 0. The fourth-order valence-corrected chi connectivity index (χ4v) is 2.35. The number of likely N-dealkylation sites (N-methyl/N-ethyl adjacent to an activating group) is 1. The molecule has 1 aromatic heterocycles. The molecule has 1 amide bonds. The van der Waals surface area contributed by atoms with Crippen LogP contribution in [0, 0.1) is 0 Å². The lowest BCUT2D eigenvalue weighted by molar-refractivity contribution is 0.138. The van der Waals surface area contributed by atoms with Gasteiger partial charge in [0.25, 0.3) is 0 Å². The number of carbonyl (C=O) groups is 1. The van der Waals surface area contributed by atoms with Crippen molar-refractivity contribution < 1.29 is 13.9 Å². The topological polar surface area (TPSA) is 71.8 Å². The van der Waals surface area contributed by atoms with Crippen LogP contribution in [0.3, 0.4) is 0 Å². The van der Waals surface area contributed by atoms with Gasteiger partial charge < -0.3 is 19.4 Å². The second-order valence-corrected chi connectivity index (χ2v) is 5.12. The molecule has 23 heavy (non-hydrogen) atoms. The lowest BCUT2D eigenvalue weighted by Gasteiger charge is -2.17. The standard InChI is InChI=1S/C17H22N2O4/c1-3-19(4-2)10-9-18-17(21)22-12-13-11-16(20)23-15-8-6-5-7-14(13)15/h5-8,11H,3-4,9-10,12H2,1-2H3,(H,18,21). The van der Waals surface area contributed by atoms with E-state index in [1.165, 1.54) is 6.07 Å². The van der Waals surface area contributed by atoms with Crippen molar-refractivity contribution in [1.82, 2.24) is 10.2 Å². The van der Waals surface area contributed by atoms with Crippen molar-refractivity contribution in [1.29, 1.82) is 0 Å². The number of ether oxygens (including phenoxy) is 1. The van der Waals surface area contributed by atoms with Crippen LogP contribution in [0.1, 0.15) is 19.4 Å². The van der Waals surface area contributed by atoms with Gasteiger partial charge in [-0.3, -0.25) is 0 Å². The minimum Gasteiger partial charge on any atom is -0.445 e. The molecule has 6 heteroatoms. The predicted molar refractivity (Wildman–Crippen MR) is 88.5 cm³/mol. The first-order valence-electron chi connectivity index (χ1n) is 7.78. The van der Waals surface area contributed by atoms with E-state index in [1.54, 1.807) is 12.1 Å². The largest absolute Gasteiger partial charge is 0.445 e. The highest BCUT2D eigenvalue weighted by atomic mass is 16.5. The summed E-state index contributed by atoms with van der Waals surface area (Å²) < 4.78 is 10.3. The zero-order chi connectivity index (χ0) is 16.7. The van der Waals surface area contributed by atoms with E-state index in [9.17, 15) is 9.59 Å². The van der Waals surface area contributed by atoms with Crippen LogP contribution in [0.15, 0.2) is 39.5 Å². The molecule has 0 atom stereocenters. The van der Waals surface area contributed by atoms with Crippen molar-refractivity contribution in [2.45, 2.75) is 20.5 Å². The van der Waals surface area contributed by atoms with Crippen molar-refractivity contribution in [3.05, 3.63) is 46.3 Å². The summed E-state index contributed by atoms with van der Waals surface area (Å²) in [6.07, 6.45) is -0.491. The highest BCUT2D eigenvalue weighted by Gasteiger charge is 2.08. The number of benzene rings is 1. The maximum atomic E-state index is 11.7. The Morgan fingerprint density at radius 1 is 1.26 bits per heavy atom. The fourth-order valence-electron chi connectivity index (χ4n) is 2.35. The first-order chi connectivity index (χ1) is 11.1. The second-order valence-electron chi connectivity index (χ2n) is 5.12. The quantitative estimate of drug-likeness (QED) is 0.794. The van der Waals surface area contributed by atoms with E-state index in [0.717, 1.165) is 25.0 Å². The fraction of sp³-hybridized carbons (Fsp3) is 0.412. The van der Waals surface area contributed by atoms with Gasteiger partial charge in [0, 0.05) is 30.1 Å². The maximum absolute atomic E-state index is 11.7. The van der Waals surface area contributed by atoms with Crippen LogP contribution >= 0.6 is 0 Å². The number of amides is 1. The van der Waals surface area contributed by atoms with Gasteiger partial charge in [-0.2, -0.15) is 0 Å². The van der Waals surface area contributed by atoms with Gasteiger partial charge in [0.05, 0.1) is 0 Å². The second kappa shape index (κ2) is 8.33. The van der Waals surface area contributed by atoms with Crippen molar-refractivity contribution >= 4 is 17.1 Å². The Bertz CT molecular complexity index is 707. The Labute approximate surface area is 135 Å². The summed E-state index contributed by atoms with van der Waals surface area (Å²) in [5, 5.41) is 3.48. The minimum atomic E-state index is -0.491. The zero-order valence-electron chi connectivity index (χ0n) is 13.5. The molecule has 1 heterocycles. The smallest absolute Gasteiger partial charge is 0.407 e. The van der Waals surface area contributed by atoms with E-state index < -0.39 is 11.7 Å². The van der Waals surface area contributed by atoms with Gasteiger partial charge in [0.2, 0.25) is 0 Å². The third kappa shape index (κ3) is 4.82. The molecule has 0 aliphatic heterocycles. The Morgan fingerprint density at radius 2 is 2.00 bits per heavy atom. The molecular formula is C17H22N2O4. The molecule has 0 aliphatic rings. The number of nitrogens with zero attached hydrogens (tertiary/aromatic N) is 1. The molecule has 0 saturated carbocycles. The summed E-state index contributed by atoms with van der Waals surface area (Å²) in [6.45, 7) is 7.38. The van der Waals surface area contributed by atoms with Crippen LogP contribution in [-0.2, 0) is 11.3 Å². The maximum Gasteiger partial charge on any atom is 0.407 e. The molecule has 0 fully saturated rings. The molecule has 6 nitrogen and oxygen atoms in total. The minimum absolute atomic E-state index is 0.0310. The molecule has 0 saturated heterocycles. The number of rotatable bonds is 7. The summed E-state index contributed by atoms with van der Waals surface area (Å²) in [5.41, 5.74) is 0.667. The lowest BCUT2D eigenvalue weighted by atomic mass is 10.1. The van der Waals surface area contributed by atoms with Crippen LogP contribution in [0.25, 0.3) is 11.0 Å². The molecule has 0 bridgehead atoms. The van der Waals surface area contributed by atoms with Crippen LogP contribution < -0.4 is 10.9 Å². The first kappa shape index (κ1) is 17.0. The Morgan fingerprint density at radius 3 is 2.74 bits per heavy atom. The molecule has 0 spiro atoms. The van der Waals surface area contributed by atoms with Gasteiger partial charge in [-0.05, 0) is 19.2 Å². The number of hydrogen-bond acceptors (Lipinski definition) is 5. The van der Waals surface area contributed by atoms with Gasteiger partial charge >= 0.3 is 11.7 Å². The average molecular weight is 318 g/mol. The van der Waals surface area contributed by atoms with Crippen LogP contribution in [0.2, 0.25) is 0 Å². The Kier molecular flexibility index (Phi) is 6.17. The number of fused-ring (bicyclic) bond motifs is 1. The third-order valence-electron chi connectivity index (χ3n) is 3.69. The van der Waals surface area contributed by atoms with Gasteiger partial charge in [-0.1, -0.05) is 32.0 Å². The molecule has 1 N–H and O–H groups in total. The zero-order valence-corrected chi connectivity index (χ0v) is 13.5. The summed E-state index contributed by atoms with van der Waals surface area (Å²) in [6, 6.07) is 8.52. The van der Waals surface area contributed by atoms with E-state index in [2.05, 4.69) is 24.1 Å². The molecule has 2 aromatic rings. The highest BCUT2D eigenvalue weighted by molar-refractivity contribution is 5.80. The predicted octanol–water partition coefficient (Wildman–Crippen LogP) is 2.36. The molecule has 2 rings (SSSR count). The first-order valence-corrected chi connectivity index (χ1v) is 7.78. The molecular weight excluding hydrogens is 296 g/mol. The SMILES string of the molecule is CCN(CC)CCNC(=O)OCc1cc(=O)oc2ccccc12. The molecule has 0 radical (unpaired) electrons. The molecule has 0 aliphatic carbocycles. The summed E-state index contributed by atoms with van der Waals surface area (Å²) in [4.78, 5) is 25.5. The van der Waals surface area contributed by atoms with Gasteiger partial charge in [-0.15, -0.1) is 0 Å². The average Bonchev–Trinajstić information content (AvgIpc) is 2.56. The summed E-state index contributed by atoms with van der Waals surface area (Å²) >= 11 is 0. The van der Waals surface area contributed by atoms with E-state index in [-0.39, 0.29) is 6.61 Å². The van der Waals surface area contributed by atoms with Crippen molar-refractivity contribution in [3.8, 4) is 0 Å². The van der Waals surface area contributed by atoms with Crippen LogP contribution in [0.4, 0.5) is 4.79 Å². The number of hydrogen-bond donors (Lipinski definition) is 1. The highest BCUT2D eigenvalue weighted by Crippen LogP contribution is 2.17.